The van der Waals surface area contributed by atoms with Gasteiger partial charge in [0, 0.05) is 17.3 Å². The molecule has 7 heteroatoms. The Kier molecular flexibility index (Phi) is 7.14. The van der Waals surface area contributed by atoms with Crippen molar-refractivity contribution in [2.24, 2.45) is 0 Å². The first-order chi connectivity index (χ1) is 10.3. The average Bonchev–Trinajstić information content (AvgIpc) is 2.39. The Labute approximate surface area is 135 Å². The van der Waals surface area contributed by atoms with Crippen molar-refractivity contribution in [3.05, 3.63) is 24.3 Å². The van der Waals surface area contributed by atoms with Gasteiger partial charge in [-0.2, -0.15) is 0 Å². The van der Waals surface area contributed by atoms with Crippen LogP contribution in [0.1, 0.15) is 20.8 Å². The Morgan fingerprint density at radius 1 is 1.09 bits per heavy atom. The van der Waals surface area contributed by atoms with E-state index in [2.05, 4.69) is 10.6 Å². The van der Waals surface area contributed by atoms with Crippen LogP contribution in [0, 0.1) is 0 Å². The zero-order valence-corrected chi connectivity index (χ0v) is 13.7. The topological polar surface area (TPSA) is 76.7 Å². The second kappa shape index (κ2) is 8.60. The van der Waals surface area contributed by atoms with Gasteiger partial charge in [0.05, 0.1) is 6.61 Å². The number of carbonyl (C=O) groups excluding carboxylic acids is 2. The molecule has 1 aromatic rings. The number of carbonyl (C=O) groups is 2. The maximum Gasteiger partial charge on any atom is 0.412 e. The maximum atomic E-state index is 11.6. The van der Waals surface area contributed by atoms with Gasteiger partial charge in [-0.1, -0.05) is 0 Å². The first-order valence-corrected chi connectivity index (χ1v) is 7.37. The molecule has 0 radical (unpaired) electrons. The molecule has 0 saturated carbocycles. The third-order valence-corrected chi connectivity index (χ3v) is 2.42. The van der Waals surface area contributed by atoms with Crippen molar-refractivity contribution in [1.82, 2.24) is 0 Å². The molecule has 6 nitrogen and oxygen atoms in total. The summed E-state index contributed by atoms with van der Waals surface area (Å²) in [6.45, 7) is 5.64. The summed E-state index contributed by atoms with van der Waals surface area (Å²) in [6, 6.07) is 6.68. The van der Waals surface area contributed by atoms with E-state index in [1.165, 1.54) is 0 Å². The lowest BCUT2D eigenvalue weighted by atomic mass is 10.2. The fourth-order valence-electron chi connectivity index (χ4n) is 1.47. The van der Waals surface area contributed by atoms with Gasteiger partial charge in [-0.3, -0.25) is 10.1 Å². The highest BCUT2D eigenvalue weighted by Gasteiger charge is 2.16. The Balaban J connectivity index is 2.46. The number of anilines is 2. The highest BCUT2D eigenvalue weighted by molar-refractivity contribution is 6.18. The molecule has 0 heterocycles. The number of halogens is 1. The molecular weight excluding hydrogens is 308 g/mol. The molecule has 1 aromatic carbocycles. The van der Waals surface area contributed by atoms with E-state index >= 15 is 0 Å². The Hall–Kier alpha value is -1.79. The largest absolute Gasteiger partial charge is 0.444 e. The van der Waals surface area contributed by atoms with Crippen LogP contribution in [0.15, 0.2) is 24.3 Å². The summed E-state index contributed by atoms with van der Waals surface area (Å²) >= 11 is 5.44. The summed E-state index contributed by atoms with van der Waals surface area (Å²) in [5, 5.41) is 5.28. The van der Waals surface area contributed by atoms with Crippen LogP contribution in [0.5, 0.6) is 0 Å². The van der Waals surface area contributed by atoms with E-state index in [9.17, 15) is 9.59 Å². The summed E-state index contributed by atoms with van der Waals surface area (Å²) in [7, 11) is 0. The highest BCUT2D eigenvalue weighted by atomic mass is 35.5. The van der Waals surface area contributed by atoms with Crippen molar-refractivity contribution < 1.29 is 19.1 Å². The molecule has 0 spiro atoms. The smallest absolute Gasteiger partial charge is 0.412 e. The first-order valence-electron chi connectivity index (χ1n) is 6.84. The first kappa shape index (κ1) is 18.3. The van der Waals surface area contributed by atoms with Gasteiger partial charge in [0.15, 0.2) is 0 Å². The zero-order chi connectivity index (χ0) is 16.6. The molecule has 0 fully saturated rings. The minimum atomic E-state index is -0.555. The number of benzene rings is 1. The molecule has 2 amide bonds. The second-order valence-corrected chi connectivity index (χ2v) is 5.87. The van der Waals surface area contributed by atoms with Gasteiger partial charge >= 0.3 is 6.09 Å². The van der Waals surface area contributed by atoms with E-state index < -0.39 is 11.7 Å². The van der Waals surface area contributed by atoms with Gasteiger partial charge in [0.25, 0.3) is 0 Å². The van der Waals surface area contributed by atoms with Gasteiger partial charge < -0.3 is 14.8 Å². The molecule has 0 aliphatic rings. The van der Waals surface area contributed by atoms with Gasteiger partial charge in [0.1, 0.15) is 12.2 Å². The number of nitrogens with one attached hydrogen (secondary N) is 2. The van der Waals surface area contributed by atoms with E-state index in [-0.39, 0.29) is 12.5 Å². The quantitative estimate of drug-likeness (QED) is 0.621. The molecule has 2 N–H and O–H groups in total. The van der Waals surface area contributed by atoms with Crippen LogP contribution in [0.25, 0.3) is 0 Å². The molecule has 0 bridgehead atoms. The van der Waals surface area contributed by atoms with Crippen molar-refractivity contribution in [2.45, 2.75) is 26.4 Å². The standard InChI is InChI=1S/C15H21ClN2O4/c1-15(2,3)22-14(20)18-12-6-4-11(5-7-12)17-13(19)10-21-9-8-16/h4-7H,8-10H2,1-3H3,(H,17,19)(H,18,20). The van der Waals surface area contributed by atoms with Crippen molar-refractivity contribution in [3.63, 3.8) is 0 Å². The van der Waals surface area contributed by atoms with Crippen LogP contribution >= 0.6 is 11.6 Å². The normalized spacial score (nSPS) is 10.9. The van der Waals surface area contributed by atoms with E-state index in [1.54, 1.807) is 45.0 Å². The van der Waals surface area contributed by atoms with Crippen LogP contribution in [0.4, 0.5) is 16.2 Å². The monoisotopic (exact) mass is 328 g/mol. The van der Waals surface area contributed by atoms with Crippen molar-refractivity contribution >= 4 is 35.0 Å². The molecule has 0 atom stereocenters. The molecule has 0 unspecified atom stereocenters. The van der Waals surface area contributed by atoms with Crippen LogP contribution in [-0.4, -0.2) is 36.7 Å². The van der Waals surface area contributed by atoms with E-state index in [4.69, 9.17) is 21.1 Å². The number of alkyl halides is 1. The Morgan fingerprint density at radius 2 is 1.64 bits per heavy atom. The molecule has 1 rings (SSSR count). The van der Waals surface area contributed by atoms with Gasteiger partial charge in [-0.25, -0.2) is 4.79 Å². The summed E-state index contributed by atoms with van der Waals surface area (Å²) in [5.41, 5.74) is 0.626. The fraction of sp³-hybridized carbons (Fsp3) is 0.467. The van der Waals surface area contributed by atoms with E-state index in [0.29, 0.717) is 23.9 Å². The highest BCUT2D eigenvalue weighted by Crippen LogP contribution is 2.15. The lowest BCUT2D eigenvalue weighted by molar-refractivity contribution is -0.120. The molecule has 0 aliphatic heterocycles. The van der Waals surface area contributed by atoms with Gasteiger partial charge in [0.2, 0.25) is 5.91 Å². The Morgan fingerprint density at radius 3 is 2.14 bits per heavy atom. The molecule has 0 aliphatic carbocycles. The van der Waals surface area contributed by atoms with Crippen LogP contribution in [0.3, 0.4) is 0 Å². The summed E-state index contributed by atoms with van der Waals surface area (Å²) in [4.78, 5) is 23.1. The number of amides is 2. The van der Waals surface area contributed by atoms with Crippen molar-refractivity contribution in [3.8, 4) is 0 Å². The molecular formula is C15H21ClN2O4. The minimum Gasteiger partial charge on any atom is -0.444 e. The molecule has 22 heavy (non-hydrogen) atoms. The maximum absolute atomic E-state index is 11.6. The fourth-order valence-corrected chi connectivity index (χ4v) is 1.58. The van der Waals surface area contributed by atoms with Crippen LogP contribution in [0.2, 0.25) is 0 Å². The van der Waals surface area contributed by atoms with Crippen molar-refractivity contribution in [1.29, 1.82) is 0 Å². The SMILES string of the molecule is CC(C)(C)OC(=O)Nc1ccc(NC(=O)COCCCl)cc1. The molecule has 0 saturated heterocycles. The third-order valence-electron chi connectivity index (χ3n) is 2.27. The minimum absolute atomic E-state index is 0.0510. The summed E-state index contributed by atoms with van der Waals surface area (Å²) in [5.74, 6) is 0.0798. The molecule has 0 aromatic heterocycles. The summed E-state index contributed by atoms with van der Waals surface area (Å²) in [6.07, 6.45) is -0.529. The number of rotatable bonds is 6. The third kappa shape index (κ3) is 7.85. The summed E-state index contributed by atoms with van der Waals surface area (Å²) < 4.78 is 10.2. The lowest BCUT2D eigenvalue weighted by Gasteiger charge is -2.19. The second-order valence-electron chi connectivity index (χ2n) is 5.49. The van der Waals surface area contributed by atoms with Gasteiger partial charge in [-0.15, -0.1) is 11.6 Å². The average molecular weight is 329 g/mol. The van der Waals surface area contributed by atoms with E-state index in [0.717, 1.165) is 0 Å². The van der Waals surface area contributed by atoms with E-state index in [1.807, 2.05) is 0 Å². The van der Waals surface area contributed by atoms with Gasteiger partial charge in [-0.05, 0) is 45.0 Å². The predicted octanol–water partition coefficient (Wildman–Crippen LogP) is 3.23. The lowest BCUT2D eigenvalue weighted by Crippen LogP contribution is -2.27. The zero-order valence-electron chi connectivity index (χ0n) is 12.9. The van der Waals surface area contributed by atoms with Crippen LogP contribution in [-0.2, 0) is 14.3 Å². The number of hydrogen-bond donors (Lipinski definition) is 2. The number of hydrogen-bond acceptors (Lipinski definition) is 4. The van der Waals surface area contributed by atoms with Crippen LogP contribution < -0.4 is 10.6 Å². The predicted molar refractivity (Wildman–Crippen MR) is 86.5 cm³/mol. The molecule has 122 valence electrons. The Bertz CT molecular complexity index is 497. The van der Waals surface area contributed by atoms with Crippen molar-refractivity contribution in [2.75, 3.05) is 29.7 Å². The number of ether oxygens (including phenoxy) is 2.